The van der Waals surface area contributed by atoms with Crippen molar-refractivity contribution in [2.75, 3.05) is 20.8 Å². The number of carbonyl (C=O) groups is 1. The molecule has 138 valence electrons. The van der Waals surface area contributed by atoms with Gasteiger partial charge in [0.1, 0.15) is 0 Å². The number of benzene rings is 1. The molecule has 0 amide bonds. The summed E-state index contributed by atoms with van der Waals surface area (Å²) in [5, 5.41) is 0. The average molecular weight is 376 g/mol. The van der Waals surface area contributed by atoms with Crippen molar-refractivity contribution in [1.82, 2.24) is 9.97 Å². The topological polar surface area (TPSA) is 93.4 Å². The number of ether oxygens (including phenoxy) is 3. The van der Waals surface area contributed by atoms with Crippen LogP contribution in [0.4, 0.5) is 0 Å². The molecule has 0 unspecified atom stereocenters. The zero-order valence-corrected chi connectivity index (χ0v) is 15.6. The van der Waals surface area contributed by atoms with Crippen LogP contribution in [-0.2, 0) is 9.53 Å². The number of rotatable bonds is 7. The summed E-state index contributed by atoms with van der Waals surface area (Å²) >= 11 is 4.97. The van der Waals surface area contributed by atoms with E-state index in [0.717, 1.165) is 6.42 Å². The Hall–Kier alpha value is -2.87. The fourth-order valence-electron chi connectivity index (χ4n) is 2.24. The van der Waals surface area contributed by atoms with Crippen LogP contribution in [0, 0.1) is 4.77 Å². The molecule has 0 bridgehead atoms. The maximum absolute atomic E-state index is 12.2. The van der Waals surface area contributed by atoms with Crippen LogP contribution in [-0.4, -0.2) is 36.8 Å². The zero-order valence-electron chi connectivity index (χ0n) is 14.8. The number of aromatic amines is 2. The van der Waals surface area contributed by atoms with Crippen LogP contribution < -0.4 is 15.0 Å². The normalized spacial score (nSPS) is 11.1. The van der Waals surface area contributed by atoms with E-state index in [2.05, 4.69) is 9.97 Å². The largest absolute Gasteiger partial charge is 0.493 e. The molecule has 2 N–H and O–H groups in total. The first kappa shape index (κ1) is 19.5. The lowest BCUT2D eigenvalue weighted by Gasteiger charge is -2.11. The molecule has 2 rings (SSSR count). The van der Waals surface area contributed by atoms with E-state index in [-0.39, 0.29) is 16.0 Å². The molecule has 0 radical (unpaired) electrons. The lowest BCUT2D eigenvalue weighted by molar-refractivity contribution is -0.133. The third-order valence-corrected chi connectivity index (χ3v) is 3.62. The molecule has 0 aliphatic rings. The van der Waals surface area contributed by atoms with E-state index >= 15 is 0 Å². The van der Waals surface area contributed by atoms with Gasteiger partial charge in [0.25, 0.3) is 5.56 Å². The lowest BCUT2D eigenvalue weighted by Crippen LogP contribution is -2.12. The van der Waals surface area contributed by atoms with Crippen molar-refractivity contribution in [3.05, 3.63) is 50.6 Å². The molecule has 0 saturated heterocycles. The van der Waals surface area contributed by atoms with Crippen LogP contribution in [0.5, 0.6) is 11.5 Å². The smallest absolute Gasteiger partial charge is 0.339 e. The van der Waals surface area contributed by atoms with Gasteiger partial charge in [0.15, 0.2) is 16.3 Å². The van der Waals surface area contributed by atoms with Gasteiger partial charge in [0, 0.05) is 6.07 Å². The monoisotopic (exact) mass is 376 g/mol. The van der Waals surface area contributed by atoms with Crippen LogP contribution >= 0.6 is 12.2 Å². The molecule has 8 heteroatoms. The summed E-state index contributed by atoms with van der Waals surface area (Å²) in [6, 6.07) is 6.50. The molecule has 26 heavy (non-hydrogen) atoms. The summed E-state index contributed by atoms with van der Waals surface area (Å²) in [6.45, 7) is 2.54. The molecule has 1 heterocycles. The van der Waals surface area contributed by atoms with Gasteiger partial charge < -0.3 is 19.2 Å². The number of methoxy groups -OCH3 is 2. The van der Waals surface area contributed by atoms with Crippen LogP contribution in [0.3, 0.4) is 0 Å². The first-order valence-corrected chi connectivity index (χ1v) is 8.34. The summed E-state index contributed by atoms with van der Waals surface area (Å²) in [4.78, 5) is 29.1. The highest BCUT2D eigenvalue weighted by Crippen LogP contribution is 2.30. The van der Waals surface area contributed by atoms with Gasteiger partial charge >= 0.3 is 5.97 Å². The van der Waals surface area contributed by atoms with E-state index in [1.807, 2.05) is 6.92 Å². The Kier molecular flexibility index (Phi) is 6.74. The molecule has 0 aliphatic carbocycles. The Bertz CT molecular complexity index is 901. The van der Waals surface area contributed by atoms with Crippen molar-refractivity contribution >= 4 is 29.8 Å². The predicted octanol–water partition coefficient (Wildman–Crippen LogP) is 2.94. The second kappa shape index (κ2) is 9.00. The van der Waals surface area contributed by atoms with E-state index in [1.54, 1.807) is 31.4 Å². The fourth-order valence-corrected chi connectivity index (χ4v) is 2.46. The van der Waals surface area contributed by atoms with E-state index in [0.29, 0.717) is 23.7 Å². The molecule has 0 saturated carbocycles. The van der Waals surface area contributed by atoms with Crippen molar-refractivity contribution < 1.29 is 19.0 Å². The maximum Gasteiger partial charge on any atom is 0.339 e. The number of nitrogens with one attached hydrogen (secondary N) is 2. The zero-order chi connectivity index (χ0) is 19.1. The Balaban J connectivity index is 2.54. The molecule has 0 aliphatic heterocycles. The first-order chi connectivity index (χ1) is 12.5. The fraction of sp³-hybridized carbons (Fsp3) is 0.278. The van der Waals surface area contributed by atoms with Crippen LogP contribution in [0.25, 0.3) is 11.6 Å². The molecule has 2 aromatic rings. The van der Waals surface area contributed by atoms with Gasteiger partial charge in [0.2, 0.25) is 0 Å². The van der Waals surface area contributed by atoms with Gasteiger partial charge in [-0.25, -0.2) is 4.79 Å². The van der Waals surface area contributed by atoms with Gasteiger partial charge in [-0.1, -0.05) is 13.0 Å². The number of H-pyrrole nitrogens is 2. The number of hydrogen-bond donors (Lipinski definition) is 2. The summed E-state index contributed by atoms with van der Waals surface area (Å²) < 4.78 is 15.9. The third-order valence-electron chi connectivity index (χ3n) is 3.42. The standard InChI is InChI=1S/C18H20N2O5S/c1-4-7-25-15-9-11(5-6-14(15)23-2)8-12(17(22)24-3)13-10-16(21)20-18(26)19-13/h5-6,8-10H,4,7H2,1-3H3,(H2,19,20,21,26)/b12-8-. The number of hydrogen-bond acceptors (Lipinski definition) is 6. The molecular weight excluding hydrogens is 356 g/mol. The van der Waals surface area contributed by atoms with Gasteiger partial charge in [-0.05, 0) is 42.4 Å². The quantitative estimate of drug-likeness (QED) is 0.438. The van der Waals surface area contributed by atoms with Gasteiger partial charge in [0.05, 0.1) is 32.1 Å². The molecular formula is C18H20N2O5S. The van der Waals surface area contributed by atoms with Crippen molar-refractivity contribution in [2.24, 2.45) is 0 Å². The minimum Gasteiger partial charge on any atom is -0.493 e. The van der Waals surface area contributed by atoms with Crippen LogP contribution in [0.1, 0.15) is 24.6 Å². The summed E-state index contributed by atoms with van der Waals surface area (Å²) in [6.07, 6.45) is 2.43. The molecule has 0 fully saturated rings. The first-order valence-electron chi connectivity index (χ1n) is 7.93. The lowest BCUT2D eigenvalue weighted by atomic mass is 10.1. The van der Waals surface area contributed by atoms with Crippen molar-refractivity contribution in [3.63, 3.8) is 0 Å². The number of esters is 1. The number of carbonyl (C=O) groups excluding carboxylic acids is 1. The van der Waals surface area contributed by atoms with Gasteiger partial charge in [-0.15, -0.1) is 0 Å². The van der Waals surface area contributed by atoms with Crippen LogP contribution in [0.2, 0.25) is 0 Å². The highest BCUT2D eigenvalue weighted by molar-refractivity contribution is 7.71. The SMILES string of the molecule is CCCOc1cc(/C=C(\C(=O)OC)c2cc(=O)[nH]c(=S)[nH]2)ccc1OC. The summed E-state index contributed by atoms with van der Waals surface area (Å²) in [7, 11) is 2.82. The van der Waals surface area contributed by atoms with Gasteiger partial charge in [-0.3, -0.25) is 9.78 Å². The number of aromatic nitrogens is 2. The van der Waals surface area contributed by atoms with E-state index in [4.69, 9.17) is 26.4 Å². The Morgan fingerprint density at radius 1 is 1.19 bits per heavy atom. The molecule has 0 atom stereocenters. The summed E-state index contributed by atoms with van der Waals surface area (Å²) in [5.74, 6) is 0.546. The van der Waals surface area contributed by atoms with Crippen LogP contribution in [0.15, 0.2) is 29.1 Å². The third kappa shape index (κ3) is 4.82. The Morgan fingerprint density at radius 2 is 1.96 bits per heavy atom. The summed E-state index contributed by atoms with van der Waals surface area (Å²) in [5.41, 5.74) is 0.686. The Morgan fingerprint density at radius 3 is 2.58 bits per heavy atom. The molecule has 1 aromatic carbocycles. The maximum atomic E-state index is 12.2. The molecule has 7 nitrogen and oxygen atoms in total. The van der Waals surface area contributed by atoms with Gasteiger partial charge in [-0.2, -0.15) is 0 Å². The minimum atomic E-state index is -0.604. The van der Waals surface area contributed by atoms with Crippen molar-refractivity contribution in [1.29, 1.82) is 0 Å². The van der Waals surface area contributed by atoms with Crippen molar-refractivity contribution in [2.45, 2.75) is 13.3 Å². The molecule has 0 spiro atoms. The van der Waals surface area contributed by atoms with Crippen molar-refractivity contribution in [3.8, 4) is 11.5 Å². The predicted molar refractivity (Wildman–Crippen MR) is 101 cm³/mol. The van der Waals surface area contributed by atoms with E-state index in [1.165, 1.54) is 13.2 Å². The highest BCUT2D eigenvalue weighted by atomic mass is 32.1. The molecule has 1 aromatic heterocycles. The minimum absolute atomic E-state index is 0.115. The van der Waals surface area contributed by atoms with E-state index in [9.17, 15) is 9.59 Å². The second-order valence-corrected chi connectivity index (χ2v) is 5.72. The van der Waals surface area contributed by atoms with E-state index < -0.39 is 11.5 Å². The second-order valence-electron chi connectivity index (χ2n) is 5.31. The average Bonchev–Trinajstić information content (AvgIpc) is 2.63. The highest BCUT2D eigenvalue weighted by Gasteiger charge is 2.15. The Labute approximate surface area is 155 Å².